The van der Waals surface area contributed by atoms with Crippen LogP contribution in [0.5, 0.6) is 5.75 Å². The maximum Gasteiger partial charge on any atom is 0.387 e. The molecule has 0 aliphatic rings. The fraction of sp³-hybridized carbons (Fsp3) is 0.500. The van der Waals surface area contributed by atoms with Gasteiger partial charge >= 0.3 is 6.61 Å². The van der Waals surface area contributed by atoms with Crippen molar-refractivity contribution in [3.63, 3.8) is 0 Å². The van der Waals surface area contributed by atoms with E-state index in [0.29, 0.717) is 6.54 Å². The van der Waals surface area contributed by atoms with Crippen LogP contribution in [0, 0.1) is 0 Å². The minimum atomic E-state index is -2.78. The lowest BCUT2D eigenvalue weighted by atomic mass is 10.1. The number of halogens is 2. The zero-order chi connectivity index (χ0) is 12.8. The van der Waals surface area contributed by atoms with E-state index in [-0.39, 0.29) is 17.8 Å². The van der Waals surface area contributed by atoms with E-state index in [1.54, 1.807) is 12.1 Å². The first-order valence-corrected chi connectivity index (χ1v) is 5.51. The van der Waals surface area contributed by atoms with Gasteiger partial charge in [-0.2, -0.15) is 8.78 Å². The van der Waals surface area contributed by atoms with E-state index < -0.39 is 6.61 Å². The first kappa shape index (κ1) is 13.9. The normalized spacial score (nSPS) is 14.7. The highest BCUT2D eigenvalue weighted by Crippen LogP contribution is 2.14. The lowest BCUT2D eigenvalue weighted by Gasteiger charge is -2.17. The summed E-state index contributed by atoms with van der Waals surface area (Å²) in [5.74, 6) is 0.170. The van der Waals surface area contributed by atoms with Gasteiger partial charge in [0.15, 0.2) is 0 Å². The van der Waals surface area contributed by atoms with E-state index >= 15 is 0 Å². The third-order valence-corrected chi connectivity index (χ3v) is 2.57. The predicted octanol–water partition coefficient (Wildman–Crippen LogP) is 2.11. The Labute approximate surface area is 100.0 Å². The smallest absolute Gasteiger partial charge is 0.387 e. The van der Waals surface area contributed by atoms with Crippen molar-refractivity contribution in [1.82, 2.24) is 5.32 Å². The Kier molecular flexibility index (Phi) is 5.31. The molecule has 2 unspecified atom stereocenters. The van der Waals surface area contributed by atoms with Gasteiger partial charge < -0.3 is 15.8 Å². The summed E-state index contributed by atoms with van der Waals surface area (Å²) >= 11 is 0. The molecule has 0 heterocycles. The van der Waals surface area contributed by atoms with E-state index in [9.17, 15) is 8.78 Å². The third-order valence-electron chi connectivity index (χ3n) is 2.57. The first-order chi connectivity index (χ1) is 7.99. The second-order valence-corrected chi connectivity index (χ2v) is 4.05. The molecule has 0 amide bonds. The number of nitrogens with one attached hydrogen (secondary N) is 1. The molecule has 96 valence electrons. The Morgan fingerprint density at radius 1 is 1.24 bits per heavy atom. The van der Waals surface area contributed by atoms with E-state index in [1.165, 1.54) is 12.1 Å². The fourth-order valence-corrected chi connectivity index (χ4v) is 1.25. The first-order valence-electron chi connectivity index (χ1n) is 5.51. The van der Waals surface area contributed by atoms with Gasteiger partial charge in [-0.1, -0.05) is 12.1 Å². The van der Waals surface area contributed by atoms with Crippen molar-refractivity contribution < 1.29 is 13.5 Å². The molecule has 0 saturated carbocycles. The maximum absolute atomic E-state index is 11.9. The van der Waals surface area contributed by atoms with E-state index in [0.717, 1.165) is 5.56 Å². The van der Waals surface area contributed by atoms with Crippen LogP contribution < -0.4 is 15.8 Å². The Hall–Kier alpha value is -1.20. The Morgan fingerprint density at radius 3 is 2.29 bits per heavy atom. The third kappa shape index (κ3) is 5.10. The summed E-state index contributed by atoms with van der Waals surface area (Å²) in [6.45, 7) is 1.80. The van der Waals surface area contributed by atoms with Crippen molar-refractivity contribution in [2.45, 2.75) is 39.1 Å². The molecule has 0 aliphatic heterocycles. The largest absolute Gasteiger partial charge is 0.435 e. The van der Waals surface area contributed by atoms with Crippen molar-refractivity contribution in [2.24, 2.45) is 5.73 Å². The number of alkyl halides is 2. The maximum atomic E-state index is 11.9. The molecule has 0 aromatic heterocycles. The molecule has 0 spiro atoms. The fourth-order valence-electron chi connectivity index (χ4n) is 1.25. The number of benzene rings is 1. The van der Waals surface area contributed by atoms with Crippen LogP contribution in [0.4, 0.5) is 8.78 Å². The van der Waals surface area contributed by atoms with Crippen LogP contribution in [-0.4, -0.2) is 18.7 Å². The average molecular weight is 244 g/mol. The minimum absolute atomic E-state index is 0.0661. The average Bonchev–Trinajstić information content (AvgIpc) is 2.26. The monoisotopic (exact) mass is 244 g/mol. The van der Waals surface area contributed by atoms with Gasteiger partial charge in [-0.25, -0.2) is 0 Å². The lowest BCUT2D eigenvalue weighted by molar-refractivity contribution is -0.0498. The summed E-state index contributed by atoms with van der Waals surface area (Å²) in [7, 11) is 0. The molecular formula is C12H18F2N2O. The summed E-state index contributed by atoms with van der Waals surface area (Å²) in [5, 5.41) is 3.24. The zero-order valence-electron chi connectivity index (χ0n) is 9.99. The molecule has 3 nitrogen and oxygen atoms in total. The number of ether oxygens (including phenoxy) is 1. The van der Waals surface area contributed by atoms with Crippen LogP contribution in [0.1, 0.15) is 19.4 Å². The van der Waals surface area contributed by atoms with Gasteiger partial charge in [0.25, 0.3) is 0 Å². The van der Waals surface area contributed by atoms with Gasteiger partial charge in [-0.3, -0.25) is 0 Å². The standard InChI is InChI=1S/C12H18F2N2O/c1-8(15)9(2)16-7-10-3-5-11(6-4-10)17-12(13)14/h3-6,8-9,12,16H,7,15H2,1-2H3. The van der Waals surface area contributed by atoms with Crippen LogP contribution in [0.15, 0.2) is 24.3 Å². The number of nitrogens with two attached hydrogens (primary N) is 1. The highest BCUT2D eigenvalue weighted by Gasteiger charge is 2.07. The minimum Gasteiger partial charge on any atom is -0.435 e. The number of hydrogen-bond acceptors (Lipinski definition) is 3. The molecule has 17 heavy (non-hydrogen) atoms. The topological polar surface area (TPSA) is 47.3 Å². The van der Waals surface area contributed by atoms with E-state index in [2.05, 4.69) is 10.1 Å². The molecule has 2 atom stereocenters. The lowest BCUT2D eigenvalue weighted by Crippen LogP contribution is -2.40. The molecule has 0 bridgehead atoms. The van der Waals surface area contributed by atoms with Crippen LogP contribution in [0.3, 0.4) is 0 Å². The van der Waals surface area contributed by atoms with Gasteiger partial charge in [-0.15, -0.1) is 0 Å². The van der Waals surface area contributed by atoms with Crippen molar-refractivity contribution in [2.75, 3.05) is 0 Å². The molecule has 0 saturated heterocycles. The molecule has 0 radical (unpaired) electrons. The number of hydrogen-bond donors (Lipinski definition) is 2. The van der Waals surface area contributed by atoms with Gasteiger partial charge in [0.05, 0.1) is 0 Å². The summed E-state index contributed by atoms with van der Waals surface area (Å²) < 4.78 is 28.1. The van der Waals surface area contributed by atoms with Gasteiger partial charge in [0, 0.05) is 18.6 Å². The molecular weight excluding hydrogens is 226 g/mol. The van der Waals surface area contributed by atoms with Crippen LogP contribution >= 0.6 is 0 Å². The molecule has 5 heteroatoms. The zero-order valence-corrected chi connectivity index (χ0v) is 9.99. The van der Waals surface area contributed by atoms with Crippen molar-refractivity contribution in [1.29, 1.82) is 0 Å². The molecule has 3 N–H and O–H groups in total. The molecule has 1 aromatic rings. The Balaban J connectivity index is 2.45. The molecule has 0 fully saturated rings. The van der Waals surface area contributed by atoms with Crippen LogP contribution in [0.25, 0.3) is 0 Å². The van der Waals surface area contributed by atoms with E-state index in [4.69, 9.17) is 5.73 Å². The van der Waals surface area contributed by atoms with Gasteiger partial charge in [0.2, 0.25) is 0 Å². The molecule has 1 rings (SSSR count). The van der Waals surface area contributed by atoms with Crippen LogP contribution in [-0.2, 0) is 6.54 Å². The van der Waals surface area contributed by atoms with Crippen LogP contribution in [0.2, 0.25) is 0 Å². The van der Waals surface area contributed by atoms with Gasteiger partial charge in [0.1, 0.15) is 5.75 Å². The number of rotatable bonds is 6. The molecule has 0 aliphatic carbocycles. The predicted molar refractivity (Wildman–Crippen MR) is 63.0 cm³/mol. The quantitative estimate of drug-likeness (QED) is 0.805. The molecule has 1 aromatic carbocycles. The summed E-state index contributed by atoms with van der Waals surface area (Å²) in [6, 6.07) is 6.82. The Bertz CT molecular complexity index is 328. The second kappa shape index (κ2) is 6.51. The van der Waals surface area contributed by atoms with Gasteiger partial charge in [-0.05, 0) is 31.5 Å². The SMILES string of the molecule is CC(N)C(C)NCc1ccc(OC(F)F)cc1. The highest BCUT2D eigenvalue weighted by molar-refractivity contribution is 5.27. The second-order valence-electron chi connectivity index (χ2n) is 4.05. The summed E-state index contributed by atoms with van der Waals surface area (Å²) in [4.78, 5) is 0. The van der Waals surface area contributed by atoms with Crippen molar-refractivity contribution in [3.05, 3.63) is 29.8 Å². The van der Waals surface area contributed by atoms with Crippen molar-refractivity contribution >= 4 is 0 Å². The summed E-state index contributed by atoms with van der Waals surface area (Å²) in [6.07, 6.45) is 0. The van der Waals surface area contributed by atoms with E-state index in [1.807, 2.05) is 13.8 Å². The summed E-state index contributed by atoms with van der Waals surface area (Å²) in [5.41, 5.74) is 6.71. The Morgan fingerprint density at radius 2 is 1.82 bits per heavy atom. The van der Waals surface area contributed by atoms with Crippen molar-refractivity contribution in [3.8, 4) is 5.75 Å². The highest BCUT2D eigenvalue weighted by atomic mass is 19.3.